The van der Waals surface area contributed by atoms with Crippen LogP contribution in [0.3, 0.4) is 0 Å². The average molecular weight is 309 g/mol. The number of carbonyl (C=O) groups excluding carboxylic acids is 2. The number of nitrogens with zero attached hydrogens (tertiary/aromatic N) is 1. The van der Waals surface area contributed by atoms with Gasteiger partial charge in [0, 0.05) is 30.8 Å². The fourth-order valence-corrected chi connectivity index (χ4v) is 1.68. The van der Waals surface area contributed by atoms with E-state index >= 15 is 0 Å². The number of amides is 1. The lowest BCUT2D eigenvalue weighted by Crippen LogP contribution is -2.31. The quantitative estimate of drug-likeness (QED) is 0.342. The summed E-state index contributed by atoms with van der Waals surface area (Å²) in [4.78, 5) is 33.2. The zero-order valence-corrected chi connectivity index (χ0v) is 12.7. The molecule has 0 aliphatic rings. The first-order valence-electron chi connectivity index (χ1n) is 6.75. The van der Waals surface area contributed by atoms with Crippen LogP contribution in [-0.2, 0) is 9.53 Å². The smallest absolute Gasteiger partial charge is 0.344 e. The normalized spacial score (nSPS) is 10.2. The molecule has 8 heteroatoms. The molecule has 1 amide bonds. The number of carbonyl (C=O) groups is 2. The molecule has 0 saturated heterocycles. The second kappa shape index (κ2) is 7.96. The van der Waals surface area contributed by atoms with Crippen LogP contribution >= 0.6 is 0 Å². The molecule has 120 valence electrons. The van der Waals surface area contributed by atoms with Gasteiger partial charge in [-0.2, -0.15) is 0 Å². The number of methoxy groups -OCH3 is 1. The number of ether oxygens (including phenoxy) is 1. The minimum Gasteiger partial charge on any atom is -0.465 e. The van der Waals surface area contributed by atoms with E-state index < -0.39 is 10.9 Å². The van der Waals surface area contributed by atoms with Crippen molar-refractivity contribution in [1.29, 1.82) is 0 Å². The summed E-state index contributed by atoms with van der Waals surface area (Å²) < 4.78 is 4.54. The number of hydrogen-bond acceptors (Lipinski definition) is 6. The molecule has 1 rings (SSSR count). The van der Waals surface area contributed by atoms with Gasteiger partial charge in [-0.3, -0.25) is 14.9 Å². The van der Waals surface area contributed by atoms with E-state index in [1.165, 1.54) is 18.2 Å². The molecule has 8 nitrogen and oxygen atoms in total. The number of nitrogens with one attached hydrogen (secondary N) is 2. The standard InChI is InChI=1S/C14H19N3O5/c1-9(2)13(18)16-7-6-15-10-4-5-12(17(20)21)11(8-10)14(19)22-3/h4-5,8-9,15H,6-7H2,1-3H3,(H,16,18). The van der Waals surface area contributed by atoms with Crippen molar-refractivity contribution in [3.05, 3.63) is 33.9 Å². The molecule has 0 fully saturated rings. The van der Waals surface area contributed by atoms with Crippen LogP contribution in [0.4, 0.5) is 11.4 Å². The van der Waals surface area contributed by atoms with Crippen LogP contribution in [0.5, 0.6) is 0 Å². The Kier molecular flexibility index (Phi) is 6.30. The minimum atomic E-state index is -0.775. The summed E-state index contributed by atoms with van der Waals surface area (Å²) in [6.07, 6.45) is 0. The monoisotopic (exact) mass is 309 g/mol. The van der Waals surface area contributed by atoms with E-state index in [2.05, 4.69) is 15.4 Å². The third-order valence-corrected chi connectivity index (χ3v) is 2.88. The molecule has 0 radical (unpaired) electrons. The summed E-state index contributed by atoms with van der Waals surface area (Å²) >= 11 is 0. The molecular formula is C14H19N3O5. The molecule has 0 atom stereocenters. The van der Waals surface area contributed by atoms with Crippen molar-refractivity contribution in [1.82, 2.24) is 5.32 Å². The van der Waals surface area contributed by atoms with Crippen LogP contribution in [0.15, 0.2) is 18.2 Å². The molecule has 22 heavy (non-hydrogen) atoms. The Balaban J connectivity index is 2.71. The summed E-state index contributed by atoms with van der Waals surface area (Å²) in [5.74, 6) is -0.922. The second-order valence-electron chi connectivity index (χ2n) is 4.85. The number of hydrogen-bond donors (Lipinski definition) is 2. The lowest BCUT2D eigenvalue weighted by atomic mass is 10.1. The highest BCUT2D eigenvalue weighted by Crippen LogP contribution is 2.23. The summed E-state index contributed by atoms with van der Waals surface area (Å²) in [5.41, 5.74) is 0.0963. The molecule has 0 saturated carbocycles. The molecule has 0 heterocycles. The first-order valence-corrected chi connectivity index (χ1v) is 6.75. The maximum Gasteiger partial charge on any atom is 0.344 e. The highest BCUT2D eigenvalue weighted by atomic mass is 16.6. The largest absolute Gasteiger partial charge is 0.465 e. The number of rotatable bonds is 7. The van der Waals surface area contributed by atoms with E-state index in [1.54, 1.807) is 13.8 Å². The van der Waals surface area contributed by atoms with Crippen molar-refractivity contribution in [2.75, 3.05) is 25.5 Å². The maximum absolute atomic E-state index is 11.6. The van der Waals surface area contributed by atoms with Crippen LogP contribution in [0, 0.1) is 16.0 Å². The van der Waals surface area contributed by atoms with Crippen LogP contribution in [-0.4, -0.2) is 37.0 Å². The second-order valence-corrected chi connectivity index (χ2v) is 4.85. The van der Waals surface area contributed by atoms with Gasteiger partial charge in [-0.1, -0.05) is 13.8 Å². The van der Waals surface area contributed by atoms with Crippen LogP contribution in [0.25, 0.3) is 0 Å². The van der Waals surface area contributed by atoms with Crippen molar-refractivity contribution in [3.63, 3.8) is 0 Å². The number of anilines is 1. The molecule has 0 bridgehead atoms. The molecule has 0 unspecified atom stereocenters. The zero-order valence-electron chi connectivity index (χ0n) is 12.7. The third kappa shape index (κ3) is 4.72. The van der Waals surface area contributed by atoms with E-state index in [-0.39, 0.29) is 23.1 Å². The Morgan fingerprint density at radius 1 is 1.32 bits per heavy atom. The number of nitro benzene ring substituents is 1. The van der Waals surface area contributed by atoms with Crippen LogP contribution < -0.4 is 10.6 Å². The molecule has 1 aromatic carbocycles. The van der Waals surface area contributed by atoms with E-state index in [0.29, 0.717) is 18.8 Å². The summed E-state index contributed by atoms with van der Waals surface area (Å²) in [7, 11) is 1.16. The van der Waals surface area contributed by atoms with Crippen molar-refractivity contribution < 1.29 is 19.2 Å². The van der Waals surface area contributed by atoms with Crippen molar-refractivity contribution >= 4 is 23.3 Å². The molecule has 0 aliphatic carbocycles. The predicted octanol–water partition coefficient (Wildman–Crippen LogP) is 1.57. The Morgan fingerprint density at radius 2 is 2.00 bits per heavy atom. The number of nitro groups is 1. The van der Waals surface area contributed by atoms with Gasteiger partial charge in [0.15, 0.2) is 0 Å². The van der Waals surface area contributed by atoms with Gasteiger partial charge in [-0.15, -0.1) is 0 Å². The van der Waals surface area contributed by atoms with Gasteiger partial charge in [0.05, 0.1) is 12.0 Å². The highest BCUT2D eigenvalue weighted by Gasteiger charge is 2.21. The summed E-state index contributed by atoms with van der Waals surface area (Å²) in [5, 5.41) is 16.6. The van der Waals surface area contributed by atoms with E-state index in [9.17, 15) is 19.7 Å². The van der Waals surface area contributed by atoms with E-state index in [4.69, 9.17) is 0 Å². The third-order valence-electron chi connectivity index (χ3n) is 2.88. The van der Waals surface area contributed by atoms with Crippen molar-refractivity contribution in [2.24, 2.45) is 5.92 Å². The first kappa shape index (κ1) is 17.4. The average Bonchev–Trinajstić information content (AvgIpc) is 2.49. The van der Waals surface area contributed by atoms with E-state index in [1.807, 2.05) is 0 Å². The van der Waals surface area contributed by atoms with Gasteiger partial charge in [0.2, 0.25) is 5.91 Å². The Labute approximate surface area is 128 Å². The maximum atomic E-state index is 11.6. The van der Waals surface area contributed by atoms with Crippen molar-refractivity contribution in [3.8, 4) is 0 Å². The zero-order chi connectivity index (χ0) is 16.7. The number of esters is 1. The Morgan fingerprint density at radius 3 is 2.55 bits per heavy atom. The summed E-state index contributed by atoms with van der Waals surface area (Å²) in [6.45, 7) is 4.42. The highest BCUT2D eigenvalue weighted by molar-refractivity contribution is 5.95. The Bertz CT molecular complexity index is 572. The molecule has 0 aromatic heterocycles. The lowest BCUT2D eigenvalue weighted by Gasteiger charge is -2.10. The fourth-order valence-electron chi connectivity index (χ4n) is 1.68. The van der Waals surface area contributed by atoms with Gasteiger partial charge in [-0.25, -0.2) is 4.79 Å². The molecule has 1 aromatic rings. The molecule has 0 spiro atoms. The molecular weight excluding hydrogens is 290 g/mol. The van der Waals surface area contributed by atoms with E-state index in [0.717, 1.165) is 7.11 Å². The predicted molar refractivity (Wildman–Crippen MR) is 80.8 cm³/mol. The van der Waals surface area contributed by atoms with Gasteiger partial charge < -0.3 is 15.4 Å². The molecule has 2 N–H and O–H groups in total. The lowest BCUT2D eigenvalue weighted by molar-refractivity contribution is -0.385. The SMILES string of the molecule is COC(=O)c1cc(NCCNC(=O)C(C)C)ccc1[N+](=O)[O-]. The Hall–Kier alpha value is -2.64. The minimum absolute atomic E-state index is 0.0549. The first-order chi connectivity index (χ1) is 10.4. The van der Waals surface area contributed by atoms with Crippen LogP contribution in [0.1, 0.15) is 24.2 Å². The summed E-state index contributed by atoms with van der Waals surface area (Å²) in [6, 6.07) is 4.09. The molecule has 0 aliphatic heterocycles. The van der Waals surface area contributed by atoms with Crippen molar-refractivity contribution in [2.45, 2.75) is 13.8 Å². The van der Waals surface area contributed by atoms with Gasteiger partial charge in [0.25, 0.3) is 5.69 Å². The van der Waals surface area contributed by atoms with Gasteiger partial charge in [-0.05, 0) is 12.1 Å². The number of benzene rings is 1. The fraction of sp³-hybridized carbons (Fsp3) is 0.429. The van der Waals surface area contributed by atoms with Gasteiger partial charge in [0.1, 0.15) is 5.56 Å². The topological polar surface area (TPSA) is 111 Å². The van der Waals surface area contributed by atoms with Crippen LogP contribution in [0.2, 0.25) is 0 Å². The van der Waals surface area contributed by atoms with Gasteiger partial charge >= 0.3 is 5.97 Å².